The Morgan fingerprint density at radius 3 is 2.59 bits per heavy atom. The first-order valence-electron chi connectivity index (χ1n) is 8.80. The average molecular weight is 428 g/mol. The highest BCUT2D eigenvalue weighted by Crippen LogP contribution is 2.20. The van der Waals surface area contributed by atoms with Crippen LogP contribution in [0.4, 0.5) is 4.39 Å². The number of rotatable bonds is 7. The lowest BCUT2D eigenvalue weighted by Gasteiger charge is -2.08. The van der Waals surface area contributed by atoms with E-state index in [0.29, 0.717) is 21.5 Å². The van der Waals surface area contributed by atoms with Crippen LogP contribution < -0.4 is 10.5 Å². The summed E-state index contributed by atoms with van der Waals surface area (Å²) in [6, 6.07) is 21.8. The number of halogens is 2. The fourth-order valence-corrected chi connectivity index (χ4v) is 3.24. The van der Waals surface area contributed by atoms with E-state index in [1.54, 1.807) is 24.3 Å². The molecule has 0 aliphatic heterocycles. The molecule has 0 saturated carbocycles. The number of hydrogen-bond donors (Lipinski definition) is 1. The highest BCUT2D eigenvalue weighted by Gasteiger charge is 2.05. The fraction of sp³-hybridized carbons (Fsp3) is 0.0909. The van der Waals surface area contributed by atoms with Gasteiger partial charge < -0.3 is 10.5 Å². The zero-order chi connectivity index (χ0) is 20.5. The molecule has 0 unspecified atom stereocenters. The Balaban J connectivity index is 1.53. The summed E-state index contributed by atoms with van der Waals surface area (Å²) in [5, 5.41) is 8.81. The molecule has 0 bridgehead atoms. The topological polar surface area (TPSA) is 60.0 Å². The summed E-state index contributed by atoms with van der Waals surface area (Å²) in [5.74, 6) is 0.383. The van der Waals surface area contributed by atoms with Gasteiger partial charge >= 0.3 is 0 Å². The first-order chi connectivity index (χ1) is 14.1. The molecule has 3 rings (SSSR count). The molecule has 29 heavy (non-hydrogen) atoms. The molecule has 0 amide bonds. The average Bonchev–Trinajstić information content (AvgIpc) is 2.72. The van der Waals surface area contributed by atoms with Crippen LogP contribution in [0.5, 0.6) is 5.75 Å². The summed E-state index contributed by atoms with van der Waals surface area (Å²) in [5.41, 5.74) is 8.41. The molecule has 148 valence electrons. The molecule has 0 aliphatic carbocycles. The number of amidine groups is 1. The van der Waals surface area contributed by atoms with Crippen LogP contribution in [0.25, 0.3) is 0 Å². The molecule has 0 atom stereocenters. The van der Waals surface area contributed by atoms with E-state index >= 15 is 0 Å². The van der Waals surface area contributed by atoms with E-state index in [1.807, 2.05) is 42.5 Å². The monoisotopic (exact) mass is 427 g/mol. The van der Waals surface area contributed by atoms with Crippen molar-refractivity contribution in [3.8, 4) is 5.75 Å². The highest BCUT2D eigenvalue weighted by atomic mass is 35.5. The Hall–Kier alpha value is -2.83. The number of hydrogen-bond acceptors (Lipinski definition) is 4. The molecule has 0 spiro atoms. The molecule has 2 N–H and O–H groups in total. The van der Waals surface area contributed by atoms with Crippen LogP contribution in [-0.2, 0) is 12.4 Å². The highest BCUT2D eigenvalue weighted by molar-refractivity contribution is 8.13. The van der Waals surface area contributed by atoms with Crippen LogP contribution in [0.15, 0.2) is 83.0 Å². The molecule has 7 heteroatoms. The van der Waals surface area contributed by atoms with Crippen molar-refractivity contribution in [3.63, 3.8) is 0 Å². The summed E-state index contributed by atoms with van der Waals surface area (Å²) in [7, 11) is 0. The van der Waals surface area contributed by atoms with Gasteiger partial charge in [-0.25, -0.2) is 4.39 Å². The van der Waals surface area contributed by atoms with Crippen LogP contribution >= 0.6 is 23.4 Å². The summed E-state index contributed by atoms with van der Waals surface area (Å²) in [6.07, 6.45) is 1.44. The molecule has 3 aromatic rings. The van der Waals surface area contributed by atoms with E-state index in [-0.39, 0.29) is 12.4 Å². The number of benzene rings is 3. The molecule has 0 aliphatic rings. The summed E-state index contributed by atoms with van der Waals surface area (Å²) < 4.78 is 19.8. The zero-order valence-electron chi connectivity index (χ0n) is 15.5. The molecule has 0 fully saturated rings. The Morgan fingerprint density at radius 1 is 1.03 bits per heavy atom. The van der Waals surface area contributed by atoms with Gasteiger partial charge in [0.25, 0.3) is 0 Å². The van der Waals surface area contributed by atoms with E-state index in [2.05, 4.69) is 10.2 Å². The van der Waals surface area contributed by atoms with Crippen LogP contribution in [-0.4, -0.2) is 11.4 Å². The summed E-state index contributed by atoms with van der Waals surface area (Å²) >= 11 is 7.32. The van der Waals surface area contributed by atoms with E-state index < -0.39 is 5.82 Å². The molecule has 0 radical (unpaired) electrons. The van der Waals surface area contributed by atoms with Crippen molar-refractivity contribution in [2.75, 3.05) is 0 Å². The van der Waals surface area contributed by atoms with E-state index in [9.17, 15) is 4.39 Å². The van der Waals surface area contributed by atoms with E-state index in [0.717, 1.165) is 11.1 Å². The van der Waals surface area contributed by atoms with Crippen molar-refractivity contribution in [1.29, 1.82) is 0 Å². The summed E-state index contributed by atoms with van der Waals surface area (Å²) in [6.45, 7) is 0.227. The van der Waals surface area contributed by atoms with Gasteiger partial charge in [-0.1, -0.05) is 65.8 Å². The van der Waals surface area contributed by atoms with Crippen molar-refractivity contribution < 1.29 is 9.13 Å². The minimum absolute atomic E-state index is 0.156. The van der Waals surface area contributed by atoms with Crippen LogP contribution in [0.2, 0.25) is 5.02 Å². The normalized spacial score (nSPS) is 11.7. The van der Waals surface area contributed by atoms with Crippen LogP contribution in [0.3, 0.4) is 0 Å². The van der Waals surface area contributed by atoms with Crippen LogP contribution in [0, 0.1) is 5.82 Å². The number of nitrogens with two attached hydrogens (primary N) is 1. The second kappa shape index (κ2) is 10.6. The van der Waals surface area contributed by atoms with Gasteiger partial charge in [-0.15, -0.1) is 5.10 Å². The predicted molar refractivity (Wildman–Crippen MR) is 119 cm³/mol. The standard InChI is InChI=1S/C22H19ClFN3OS/c23-19-8-4-7-18(11-19)14-28-21-10-9-17(12-20(21)24)13-26-27-22(25)29-15-16-5-2-1-3-6-16/h1-13H,14-15H2,(H2,25,27). The molecule has 0 saturated heterocycles. The Kier molecular flexibility index (Phi) is 7.67. The Morgan fingerprint density at radius 2 is 1.83 bits per heavy atom. The zero-order valence-corrected chi connectivity index (χ0v) is 17.0. The van der Waals surface area contributed by atoms with E-state index in [1.165, 1.54) is 24.0 Å². The minimum atomic E-state index is -0.480. The second-order valence-corrected chi connectivity index (χ2v) is 7.50. The predicted octanol–water partition coefficient (Wildman–Crippen LogP) is 5.64. The largest absolute Gasteiger partial charge is 0.486 e. The summed E-state index contributed by atoms with van der Waals surface area (Å²) in [4.78, 5) is 0. The van der Waals surface area contributed by atoms with Crippen molar-refractivity contribution in [2.24, 2.45) is 15.9 Å². The van der Waals surface area contributed by atoms with Crippen molar-refractivity contribution in [2.45, 2.75) is 12.4 Å². The lowest BCUT2D eigenvalue weighted by Crippen LogP contribution is -2.06. The van der Waals surface area contributed by atoms with Crippen molar-refractivity contribution in [1.82, 2.24) is 0 Å². The minimum Gasteiger partial charge on any atom is -0.486 e. The molecular formula is C22H19ClFN3OS. The van der Waals surface area contributed by atoms with Gasteiger partial charge in [0.2, 0.25) is 0 Å². The molecule has 4 nitrogen and oxygen atoms in total. The smallest absolute Gasteiger partial charge is 0.180 e. The number of nitrogens with zero attached hydrogens (tertiary/aromatic N) is 2. The maximum absolute atomic E-state index is 14.2. The lowest BCUT2D eigenvalue weighted by molar-refractivity contribution is 0.290. The maximum atomic E-state index is 14.2. The molecule has 0 aromatic heterocycles. The number of ether oxygens (including phenoxy) is 1. The third-order valence-corrected chi connectivity index (χ3v) is 4.92. The fourth-order valence-electron chi connectivity index (χ4n) is 2.42. The first-order valence-corrected chi connectivity index (χ1v) is 10.2. The molecule has 0 heterocycles. The molecule has 3 aromatic carbocycles. The van der Waals surface area contributed by atoms with Crippen LogP contribution in [0.1, 0.15) is 16.7 Å². The van der Waals surface area contributed by atoms with Gasteiger partial charge in [0, 0.05) is 10.8 Å². The quantitative estimate of drug-likeness (QED) is 0.301. The van der Waals surface area contributed by atoms with E-state index in [4.69, 9.17) is 22.1 Å². The van der Waals surface area contributed by atoms with Crippen molar-refractivity contribution >= 4 is 34.7 Å². The second-order valence-electron chi connectivity index (χ2n) is 6.07. The van der Waals surface area contributed by atoms with Gasteiger partial charge in [0.05, 0.1) is 6.21 Å². The van der Waals surface area contributed by atoms with Gasteiger partial charge in [-0.3, -0.25) is 0 Å². The van der Waals surface area contributed by atoms with Crippen molar-refractivity contribution in [3.05, 3.63) is 100 Å². The van der Waals surface area contributed by atoms with Gasteiger partial charge in [0.1, 0.15) is 6.61 Å². The third-order valence-electron chi connectivity index (χ3n) is 3.83. The Labute approximate surface area is 178 Å². The Bertz CT molecular complexity index is 1010. The van der Waals surface area contributed by atoms with Gasteiger partial charge in [-0.05, 0) is 47.0 Å². The van der Waals surface area contributed by atoms with Gasteiger partial charge in [-0.2, -0.15) is 5.10 Å². The maximum Gasteiger partial charge on any atom is 0.180 e. The molecular weight excluding hydrogens is 409 g/mol. The third kappa shape index (κ3) is 6.93. The first kappa shape index (κ1) is 20.9. The lowest BCUT2D eigenvalue weighted by atomic mass is 10.2. The number of thioether (sulfide) groups is 1. The SMILES string of the molecule is NC(=NN=Cc1ccc(OCc2cccc(Cl)c2)c(F)c1)SCc1ccccc1. The van der Waals surface area contributed by atoms with Gasteiger partial charge in [0.15, 0.2) is 16.7 Å².